The van der Waals surface area contributed by atoms with E-state index in [1.807, 2.05) is 0 Å². The van der Waals surface area contributed by atoms with E-state index in [1.165, 1.54) is 57.8 Å². The van der Waals surface area contributed by atoms with Gasteiger partial charge in [0.15, 0.2) is 0 Å². The molecule has 4 rings (SSSR count). The van der Waals surface area contributed by atoms with Crippen LogP contribution in [0.2, 0.25) is 0 Å². The minimum absolute atomic E-state index is 0.199. The fraction of sp³-hybridized carbons (Fsp3) is 1.00. The summed E-state index contributed by atoms with van der Waals surface area (Å²) in [5, 5.41) is 18.7. The lowest BCUT2D eigenvalue weighted by Gasteiger charge is -2.61. The standard InChI is InChI=1S/C27H48O3/c1-5-6-18(2)23-9-10-24-22-8-7-19-15-21(30-17-20(29)16-28)11-13-26(19,3)25(22)12-14-27(23,24)4/h18-25,28-29H,5-17H2,1-4H3/t18-,19?,20?,21?,22?,23-,24?,25?,26+,27-/m1/s1. The Morgan fingerprint density at radius 2 is 1.70 bits per heavy atom. The molecule has 30 heavy (non-hydrogen) atoms. The molecule has 4 aliphatic rings. The van der Waals surface area contributed by atoms with E-state index in [9.17, 15) is 5.11 Å². The zero-order valence-corrected chi connectivity index (χ0v) is 20.1. The first-order chi connectivity index (χ1) is 14.3. The van der Waals surface area contributed by atoms with Crippen LogP contribution in [0.3, 0.4) is 0 Å². The maximum Gasteiger partial charge on any atom is 0.100 e. The molecule has 0 amide bonds. The number of rotatable bonds is 7. The molecule has 6 unspecified atom stereocenters. The van der Waals surface area contributed by atoms with Crippen LogP contribution in [0.1, 0.15) is 98.3 Å². The molecular formula is C27H48O3. The van der Waals surface area contributed by atoms with Crippen LogP contribution in [0.25, 0.3) is 0 Å². The minimum Gasteiger partial charge on any atom is -0.394 e. The number of hydrogen-bond donors (Lipinski definition) is 2. The molecule has 0 radical (unpaired) electrons. The van der Waals surface area contributed by atoms with Gasteiger partial charge in [-0.15, -0.1) is 0 Å². The molecule has 10 atom stereocenters. The summed E-state index contributed by atoms with van der Waals surface area (Å²) in [6.07, 6.45) is 14.6. The largest absolute Gasteiger partial charge is 0.394 e. The number of aliphatic hydroxyl groups is 2. The van der Waals surface area contributed by atoms with E-state index in [2.05, 4.69) is 27.7 Å². The highest BCUT2D eigenvalue weighted by Crippen LogP contribution is 2.68. The molecule has 0 aromatic heterocycles. The van der Waals surface area contributed by atoms with Gasteiger partial charge in [-0.1, -0.05) is 40.5 Å². The molecule has 0 aromatic rings. The Labute approximate surface area is 185 Å². The summed E-state index contributed by atoms with van der Waals surface area (Å²) in [5.74, 6) is 5.47. The highest BCUT2D eigenvalue weighted by molar-refractivity contribution is 5.09. The number of aliphatic hydroxyl groups excluding tert-OH is 2. The zero-order valence-electron chi connectivity index (χ0n) is 20.1. The Kier molecular flexibility index (Phi) is 6.93. The van der Waals surface area contributed by atoms with E-state index in [4.69, 9.17) is 9.84 Å². The molecule has 0 aliphatic heterocycles. The van der Waals surface area contributed by atoms with Crippen molar-refractivity contribution in [3.05, 3.63) is 0 Å². The second-order valence-electron chi connectivity index (χ2n) is 12.2. The molecule has 4 aliphatic carbocycles. The maximum absolute atomic E-state index is 9.66. The molecule has 3 nitrogen and oxygen atoms in total. The molecule has 0 bridgehead atoms. The molecule has 3 heteroatoms. The lowest BCUT2D eigenvalue weighted by Crippen LogP contribution is -2.54. The van der Waals surface area contributed by atoms with Crippen LogP contribution in [0, 0.1) is 46.3 Å². The molecular weight excluding hydrogens is 372 g/mol. The average molecular weight is 421 g/mol. The van der Waals surface area contributed by atoms with Crippen molar-refractivity contribution in [2.45, 2.75) is 111 Å². The summed E-state index contributed by atoms with van der Waals surface area (Å²) >= 11 is 0. The highest BCUT2D eigenvalue weighted by atomic mass is 16.5. The first-order valence-electron chi connectivity index (χ1n) is 13.2. The van der Waals surface area contributed by atoms with E-state index in [0.29, 0.717) is 10.8 Å². The Morgan fingerprint density at radius 3 is 2.43 bits per heavy atom. The summed E-state index contributed by atoms with van der Waals surface area (Å²) in [5.41, 5.74) is 1.09. The minimum atomic E-state index is -0.726. The van der Waals surface area contributed by atoms with Crippen LogP contribution in [0.4, 0.5) is 0 Å². The highest BCUT2D eigenvalue weighted by Gasteiger charge is 2.60. The van der Waals surface area contributed by atoms with Crippen LogP contribution in [-0.4, -0.2) is 35.6 Å². The fourth-order valence-electron chi connectivity index (χ4n) is 9.30. The predicted octanol–water partition coefficient (Wildman–Crippen LogP) is 5.82. The van der Waals surface area contributed by atoms with Gasteiger partial charge in [-0.05, 0) is 104 Å². The van der Waals surface area contributed by atoms with Gasteiger partial charge in [-0.3, -0.25) is 0 Å². The number of ether oxygens (including phenoxy) is 1. The van der Waals surface area contributed by atoms with Crippen molar-refractivity contribution in [1.29, 1.82) is 0 Å². The Bertz CT molecular complexity index is 578. The van der Waals surface area contributed by atoms with E-state index in [-0.39, 0.29) is 19.3 Å². The van der Waals surface area contributed by atoms with Crippen molar-refractivity contribution in [3.63, 3.8) is 0 Å². The molecule has 174 valence electrons. The second kappa shape index (κ2) is 9.02. The summed E-state index contributed by atoms with van der Waals surface area (Å²) in [6, 6.07) is 0. The van der Waals surface area contributed by atoms with E-state index in [0.717, 1.165) is 48.3 Å². The lowest BCUT2D eigenvalue weighted by molar-refractivity contribution is -0.141. The van der Waals surface area contributed by atoms with Gasteiger partial charge in [0.25, 0.3) is 0 Å². The van der Waals surface area contributed by atoms with E-state index < -0.39 is 6.10 Å². The third-order valence-electron chi connectivity index (χ3n) is 10.9. The predicted molar refractivity (Wildman–Crippen MR) is 122 cm³/mol. The van der Waals surface area contributed by atoms with Gasteiger partial charge in [-0.25, -0.2) is 0 Å². The van der Waals surface area contributed by atoms with Crippen molar-refractivity contribution in [1.82, 2.24) is 0 Å². The Balaban J connectivity index is 1.43. The van der Waals surface area contributed by atoms with Gasteiger partial charge in [-0.2, -0.15) is 0 Å². The summed E-state index contributed by atoms with van der Waals surface area (Å²) in [7, 11) is 0. The quantitative estimate of drug-likeness (QED) is 0.545. The number of fused-ring (bicyclic) bond motifs is 5. The van der Waals surface area contributed by atoms with Crippen LogP contribution in [0.15, 0.2) is 0 Å². The van der Waals surface area contributed by atoms with E-state index >= 15 is 0 Å². The molecule has 4 fully saturated rings. The molecule has 0 aromatic carbocycles. The molecule has 2 N–H and O–H groups in total. The Morgan fingerprint density at radius 1 is 0.967 bits per heavy atom. The average Bonchev–Trinajstić information content (AvgIpc) is 3.09. The first-order valence-corrected chi connectivity index (χ1v) is 13.2. The van der Waals surface area contributed by atoms with Crippen molar-refractivity contribution in [2.75, 3.05) is 13.2 Å². The van der Waals surface area contributed by atoms with Gasteiger partial charge in [0.2, 0.25) is 0 Å². The van der Waals surface area contributed by atoms with Crippen LogP contribution < -0.4 is 0 Å². The van der Waals surface area contributed by atoms with Gasteiger partial charge in [0.1, 0.15) is 6.10 Å². The monoisotopic (exact) mass is 420 g/mol. The third kappa shape index (κ3) is 3.90. The van der Waals surface area contributed by atoms with E-state index in [1.54, 1.807) is 0 Å². The summed E-state index contributed by atoms with van der Waals surface area (Å²) < 4.78 is 6.00. The van der Waals surface area contributed by atoms with Crippen molar-refractivity contribution < 1.29 is 14.9 Å². The number of hydrogen-bond acceptors (Lipinski definition) is 3. The molecule has 4 saturated carbocycles. The van der Waals surface area contributed by atoms with Crippen molar-refractivity contribution in [2.24, 2.45) is 46.3 Å². The maximum atomic E-state index is 9.66. The molecule has 0 heterocycles. The topological polar surface area (TPSA) is 49.7 Å². The van der Waals surface area contributed by atoms with Crippen molar-refractivity contribution in [3.8, 4) is 0 Å². The third-order valence-corrected chi connectivity index (χ3v) is 10.9. The first kappa shape index (κ1) is 23.1. The molecule has 0 saturated heterocycles. The van der Waals surface area contributed by atoms with Gasteiger partial charge in [0, 0.05) is 0 Å². The van der Waals surface area contributed by atoms with Crippen LogP contribution in [0.5, 0.6) is 0 Å². The van der Waals surface area contributed by atoms with Crippen LogP contribution >= 0.6 is 0 Å². The van der Waals surface area contributed by atoms with Gasteiger partial charge < -0.3 is 14.9 Å². The SMILES string of the molecule is CCC[C@@H](C)[C@H]1CCC2C3CCC4CC(OCC(O)CO)CC[C@]4(C)C3CC[C@@]21C. The van der Waals surface area contributed by atoms with Gasteiger partial charge in [0.05, 0.1) is 19.3 Å². The fourth-order valence-corrected chi connectivity index (χ4v) is 9.30. The van der Waals surface area contributed by atoms with Gasteiger partial charge >= 0.3 is 0 Å². The summed E-state index contributed by atoms with van der Waals surface area (Å²) in [6.45, 7) is 10.3. The Hall–Kier alpha value is -0.120. The normalized spacial score (nSPS) is 47.8. The summed E-state index contributed by atoms with van der Waals surface area (Å²) in [4.78, 5) is 0. The second-order valence-corrected chi connectivity index (χ2v) is 12.2. The smallest absolute Gasteiger partial charge is 0.100 e. The molecule has 0 spiro atoms. The zero-order chi connectivity index (χ0) is 21.5. The lowest BCUT2D eigenvalue weighted by atomic mass is 9.44. The van der Waals surface area contributed by atoms with Crippen LogP contribution in [-0.2, 0) is 4.74 Å². The van der Waals surface area contributed by atoms with Crippen molar-refractivity contribution >= 4 is 0 Å².